The summed E-state index contributed by atoms with van der Waals surface area (Å²) in [6.07, 6.45) is 6.14. The molecule has 0 saturated carbocycles. The molecule has 1 spiro atoms. The third-order valence-corrected chi connectivity index (χ3v) is 5.59. The maximum Gasteiger partial charge on any atom is 0.105 e. The van der Waals surface area contributed by atoms with Crippen LogP contribution in [0.1, 0.15) is 23.5 Å². The average Bonchev–Trinajstić information content (AvgIpc) is 3.25. The summed E-state index contributed by atoms with van der Waals surface area (Å²) in [6, 6.07) is 1.96. The SMILES string of the molecule is Cc1nc(CN2CCOCC3(CCC(Cn4cccn4)O3)C2)cs1. The smallest absolute Gasteiger partial charge is 0.105 e. The first-order valence-corrected chi connectivity index (χ1v) is 9.45. The Bertz CT molecular complexity index is 659. The molecule has 2 fully saturated rings. The van der Waals surface area contributed by atoms with E-state index in [1.165, 1.54) is 0 Å². The number of ether oxygens (including phenoxy) is 2. The number of aromatic nitrogens is 3. The minimum atomic E-state index is -0.181. The van der Waals surface area contributed by atoms with Gasteiger partial charge in [-0.25, -0.2) is 4.98 Å². The number of hydrogen-bond acceptors (Lipinski definition) is 6. The summed E-state index contributed by atoms with van der Waals surface area (Å²) < 4.78 is 14.3. The van der Waals surface area contributed by atoms with Crippen LogP contribution in [0.25, 0.3) is 0 Å². The van der Waals surface area contributed by atoms with E-state index in [1.54, 1.807) is 11.3 Å². The summed E-state index contributed by atoms with van der Waals surface area (Å²) in [5, 5.41) is 7.58. The van der Waals surface area contributed by atoms with Gasteiger partial charge in [-0.2, -0.15) is 5.10 Å². The molecule has 0 radical (unpaired) electrons. The number of nitrogens with zero attached hydrogens (tertiary/aromatic N) is 4. The molecule has 6 nitrogen and oxygen atoms in total. The van der Waals surface area contributed by atoms with E-state index in [1.807, 2.05) is 23.1 Å². The fourth-order valence-electron chi connectivity index (χ4n) is 3.69. The number of rotatable bonds is 4. The Labute approximate surface area is 146 Å². The second kappa shape index (κ2) is 6.92. The summed E-state index contributed by atoms with van der Waals surface area (Å²) in [6.45, 7) is 7.06. The van der Waals surface area contributed by atoms with Crippen LogP contribution in [0.2, 0.25) is 0 Å². The molecule has 7 heteroatoms. The predicted octanol–water partition coefficient (Wildman–Crippen LogP) is 2.10. The minimum Gasteiger partial charge on any atom is -0.377 e. The maximum absolute atomic E-state index is 6.47. The van der Waals surface area contributed by atoms with Gasteiger partial charge in [0.1, 0.15) is 5.60 Å². The zero-order valence-electron chi connectivity index (χ0n) is 14.1. The van der Waals surface area contributed by atoms with Crippen LogP contribution in [-0.4, -0.2) is 57.7 Å². The maximum atomic E-state index is 6.47. The van der Waals surface area contributed by atoms with Gasteiger partial charge in [0.15, 0.2) is 0 Å². The van der Waals surface area contributed by atoms with Crippen molar-refractivity contribution < 1.29 is 9.47 Å². The van der Waals surface area contributed by atoms with Crippen LogP contribution in [0.4, 0.5) is 0 Å². The summed E-state index contributed by atoms with van der Waals surface area (Å²) in [7, 11) is 0. The molecule has 2 aromatic rings. The molecule has 4 heterocycles. The lowest BCUT2D eigenvalue weighted by Crippen LogP contribution is -2.44. The molecule has 0 amide bonds. The van der Waals surface area contributed by atoms with Crippen molar-refractivity contribution in [2.24, 2.45) is 0 Å². The van der Waals surface area contributed by atoms with E-state index in [0.717, 1.165) is 56.3 Å². The first kappa shape index (κ1) is 16.2. The first-order chi connectivity index (χ1) is 11.7. The van der Waals surface area contributed by atoms with Gasteiger partial charge in [-0.15, -0.1) is 11.3 Å². The average molecular weight is 348 g/mol. The number of thiazole rings is 1. The van der Waals surface area contributed by atoms with Crippen molar-refractivity contribution in [2.45, 2.75) is 44.6 Å². The third-order valence-electron chi connectivity index (χ3n) is 4.77. The molecular weight excluding hydrogens is 324 g/mol. The van der Waals surface area contributed by atoms with Crippen molar-refractivity contribution in [3.8, 4) is 0 Å². The van der Waals surface area contributed by atoms with E-state index in [4.69, 9.17) is 9.47 Å². The molecule has 2 aromatic heterocycles. The molecule has 0 N–H and O–H groups in total. The van der Waals surface area contributed by atoms with E-state index in [2.05, 4.69) is 27.3 Å². The van der Waals surface area contributed by atoms with Crippen molar-refractivity contribution in [3.63, 3.8) is 0 Å². The highest BCUT2D eigenvalue weighted by molar-refractivity contribution is 7.09. The molecule has 2 atom stereocenters. The Kier molecular flexibility index (Phi) is 4.67. The van der Waals surface area contributed by atoms with Crippen LogP contribution in [0, 0.1) is 6.92 Å². The highest BCUT2D eigenvalue weighted by Crippen LogP contribution is 2.34. The zero-order chi connectivity index (χ0) is 16.4. The van der Waals surface area contributed by atoms with Crippen molar-refractivity contribution >= 4 is 11.3 Å². The summed E-state index contributed by atoms with van der Waals surface area (Å²) in [5.41, 5.74) is 0.972. The molecular formula is C17H24N4O2S. The largest absolute Gasteiger partial charge is 0.377 e. The lowest BCUT2D eigenvalue weighted by molar-refractivity contribution is -0.0905. The quantitative estimate of drug-likeness (QED) is 0.847. The molecule has 2 aliphatic heterocycles. The van der Waals surface area contributed by atoms with Gasteiger partial charge in [0, 0.05) is 37.4 Å². The van der Waals surface area contributed by atoms with Crippen molar-refractivity contribution in [3.05, 3.63) is 34.5 Å². The normalized spacial score (nSPS) is 28.5. The standard InChI is InChI=1S/C17H24N4O2S/c1-14-19-15(11-24-14)9-20-7-8-22-13-17(12-20)4-3-16(23-17)10-21-6-2-5-18-21/h2,5-6,11,16H,3-4,7-10,12-13H2,1H3. The Morgan fingerprint density at radius 2 is 2.42 bits per heavy atom. The molecule has 2 unspecified atom stereocenters. The van der Waals surface area contributed by atoms with Gasteiger partial charge in [0.05, 0.1) is 36.6 Å². The second-order valence-corrected chi connectivity index (χ2v) is 7.87. The monoisotopic (exact) mass is 348 g/mol. The second-order valence-electron chi connectivity index (χ2n) is 6.81. The Morgan fingerprint density at radius 3 is 3.21 bits per heavy atom. The topological polar surface area (TPSA) is 52.4 Å². The van der Waals surface area contributed by atoms with E-state index in [0.29, 0.717) is 6.61 Å². The first-order valence-electron chi connectivity index (χ1n) is 8.57. The molecule has 4 rings (SSSR count). The van der Waals surface area contributed by atoms with Crippen LogP contribution in [0.3, 0.4) is 0 Å². The summed E-state index contributed by atoms with van der Waals surface area (Å²) in [4.78, 5) is 7.03. The van der Waals surface area contributed by atoms with Crippen molar-refractivity contribution in [1.82, 2.24) is 19.7 Å². The van der Waals surface area contributed by atoms with E-state index >= 15 is 0 Å². The Hall–Kier alpha value is -1.28. The van der Waals surface area contributed by atoms with E-state index in [9.17, 15) is 0 Å². The minimum absolute atomic E-state index is 0.181. The van der Waals surface area contributed by atoms with Gasteiger partial charge in [0.25, 0.3) is 0 Å². The molecule has 2 saturated heterocycles. The molecule has 0 aromatic carbocycles. The van der Waals surface area contributed by atoms with Gasteiger partial charge >= 0.3 is 0 Å². The van der Waals surface area contributed by atoms with Crippen LogP contribution >= 0.6 is 11.3 Å². The summed E-state index contributed by atoms with van der Waals surface area (Å²) in [5.74, 6) is 0. The van der Waals surface area contributed by atoms with Crippen LogP contribution in [0.15, 0.2) is 23.8 Å². The molecule has 24 heavy (non-hydrogen) atoms. The fourth-order valence-corrected chi connectivity index (χ4v) is 4.30. The molecule has 130 valence electrons. The van der Waals surface area contributed by atoms with Crippen LogP contribution < -0.4 is 0 Å². The number of aryl methyl sites for hydroxylation is 1. The van der Waals surface area contributed by atoms with Gasteiger partial charge in [-0.1, -0.05) is 0 Å². The van der Waals surface area contributed by atoms with Crippen molar-refractivity contribution in [1.29, 1.82) is 0 Å². The van der Waals surface area contributed by atoms with E-state index in [-0.39, 0.29) is 11.7 Å². The molecule has 0 bridgehead atoms. The lowest BCUT2D eigenvalue weighted by Gasteiger charge is -2.31. The highest BCUT2D eigenvalue weighted by atomic mass is 32.1. The van der Waals surface area contributed by atoms with Crippen LogP contribution in [-0.2, 0) is 22.6 Å². The third kappa shape index (κ3) is 3.69. The molecule has 0 aliphatic carbocycles. The Balaban J connectivity index is 1.40. The zero-order valence-corrected chi connectivity index (χ0v) is 14.9. The van der Waals surface area contributed by atoms with Gasteiger partial charge in [0.2, 0.25) is 0 Å². The molecule has 2 aliphatic rings. The van der Waals surface area contributed by atoms with Gasteiger partial charge < -0.3 is 9.47 Å². The van der Waals surface area contributed by atoms with Gasteiger partial charge in [-0.3, -0.25) is 9.58 Å². The van der Waals surface area contributed by atoms with E-state index < -0.39 is 0 Å². The summed E-state index contributed by atoms with van der Waals surface area (Å²) >= 11 is 1.71. The fraction of sp³-hybridized carbons (Fsp3) is 0.647. The van der Waals surface area contributed by atoms with Crippen molar-refractivity contribution in [2.75, 3.05) is 26.3 Å². The predicted molar refractivity (Wildman–Crippen MR) is 92.0 cm³/mol. The van der Waals surface area contributed by atoms with Gasteiger partial charge in [-0.05, 0) is 25.8 Å². The highest BCUT2D eigenvalue weighted by Gasteiger charge is 2.43. The lowest BCUT2D eigenvalue weighted by atomic mass is 10.00. The Morgan fingerprint density at radius 1 is 1.46 bits per heavy atom. The number of hydrogen-bond donors (Lipinski definition) is 0. The van der Waals surface area contributed by atoms with Crippen LogP contribution in [0.5, 0.6) is 0 Å².